The number of alkyl halides is 3. The van der Waals surface area contributed by atoms with Gasteiger partial charge in [-0.3, -0.25) is 0 Å². The lowest BCUT2D eigenvalue weighted by molar-refractivity contribution is -0.0713. The SMILES string of the molecule is O=C(OC(=S)C(F)(F)F)c1ccccc1. The highest BCUT2D eigenvalue weighted by molar-refractivity contribution is 7.80. The predicted molar refractivity (Wildman–Crippen MR) is 50.5 cm³/mol. The molecule has 0 aliphatic rings. The van der Waals surface area contributed by atoms with E-state index >= 15 is 0 Å². The van der Waals surface area contributed by atoms with Gasteiger partial charge in [-0.2, -0.15) is 13.2 Å². The van der Waals surface area contributed by atoms with Gasteiger partial charge in [-0.25, -0.2) is 4.79 Å². The summed E-state index contributed by atoms with van der Waals surface area (Å²) in [5.74, 6) is -1.11. The van der Waals surface area contributed by atoms with Gasteiger partial charge in [-0.15, -0.1) is 0 Å². The molecule has 0 heterocycles. The molecule has 0 radical (unpaired) electrons. The van der Waals surface area contributed by atoms with Crippen molar-refractivity contribution in [3.63, 3.8) is 0 Å². The molecule has 1 aromatic rings. The molecule has 0 aromatic heterocycles. The number of carbonyl (C=O) groups excluding carboxylic acids is 1. The minimum absolute atomic E-state index is 0.0177. The lowest BCUT2D eigenvalue weighted by Crippen LogP contribution is -2.26. The minimum atomic E-state index is -4.79. The lowest BCUT2D eigenvalue weighted by Gasteiger charge is -2.07. The first-order chi connectivity index (χ1) is 6.91. The van der Waals surface area contributed by atoms with Gasteiger partial charge < -0.3 is 4.74 Å². The summed E-state index contributed by atoms with van der Waals surface area (Å²) in [5, 5.41) is -1.68. The second-order valence-electron chi connectivity index (χ2n) is 2.54. The number of esters is 1. The van der Waals surface area contributed by atoms with Crippen molar-refractivity contribution in [3.05, 3.63) is 35.9 Å². The molecule has 0 unspecified atom stereocenters. The average molecular weight is 234 g/mol. The van der Waals surface area contributed by atoms with Crippen molar-refractivity contribution in [1.82, 2.24) is 0 Å². The zero-order valence-corrected chi connectivity index (χ0v) is 8.06. The van der Waals surface area contributed by atoms with E-state index in [2.05, 4.69) is 17.0 Å². The second-order valence-corrected chi connectivity index (χ2v) is 2.91. The zero-order valence-electron chi connectivity index (χ0n) is 7.25. The van der Waals surface area contributed by atoms with Crippen LogP contribution in [0.15, 0.2) is 30.3 Å². The Morgan fingerprint density at radius 3 is 2.20 bits per heavy atom. The van der Waals surface area contributed by atoms with Gasteiger partial charge in [0.1, 0.15) is 0 Å². The van der Waals surface area contributed by atoms with Crippen molar-refractivity contribution >= 4 is 23.2 Å². The Labute approximate surface area is 88.7 Å². The van der Waals surface area contributed by atoms with E-state index in [0.717, 1.165) is 0 Å². The summed E-state index contributed by atoms with van der Waals surface area (Å²) in [6.07, 6.45) is -4.79. The summed E-state index contributed by atoms with van der Waals surface area (Å²) >= 11 is 3.90. The Balaban J connectivity index is 2.70. The summed E-state index contributed by atoms with van der Waals surface area (Å²) in [4.78, 5) is 11.1. The maximum absolute atomic E-state index is 11.9. The Hall–Kier alpha value is -1.43. The van der Waals surface area contributed by atoms with Gasteiger partial charge in [0.25, 0.3) is 5.05 Å². The molecule has 0 aliphatic heterocycles. The molecule has 0 aliphatic carbocycles. The Bertz CT molecular complexity index is 373. The van der Waals surface area contributed by atoms with Gasteiger partial charge in [-0.1, -0.05) is 18.2 Å². The van der Waals surface area contributed by atoms with E-state index in [4.69, 9.17) is 0 Å². The van der Waals surface area contributed by atoms with Crippen LogP contribution in [0.1, 0.15) is 10.4 Å². The smallest absolute Gasteiger partial charge is 0.406 e. The van der Waals surface area contributed by atoms with E-state index < -0.39 is 17.2 Å². The number of halogens is 3. The van der Waals surface area contributed by atoms with E-state index in [1.54, 1.807) is 6.07 Å². The summed E-state index contributed by atoms with van der Waals surface area (Å²) in [6, 6.07) is 7.31. The number of ether oxygens (including phenoxy) is 1. The third-order valence-electron chi connectivity index (χ3n) is 1.43. The second kappa shape index (κ2) is 4.39. The predicted octanol–water partition coefficient (Wildman–Crippen LogP) is 2.73. The Morgan fingerprint density at radius 2 is 1.73 bits per heavy atom. The zero-order chi connectivity index (χ0) is 11.5. The highest BCUT2D eigenvalue weighted by atomic mass is 32.1. The fourth-order valence-electron chi connectivity index (χ4n) is 0.775. The maximum Gasteiger partial charge on any atom is 0.460 e. The van der Waals surface area contributed by atoms with Crippen LogP contribution in [-0.2, 0) is 4.74 Å². The van der Waals surface area contributed by atoms with Crippen LogP contribution in [0.25, 0.3) is 0 Å². The van der Waals surface area contributed by atoms with Crippen molar-refractivity contribution in [2.45, 2.75) is 6.18 Å². The third kappa shape index (κ3) is 3.32. The molecule has 0 saturated carbocycles. The molecule has 1 aromatic carbocycles. The number of benzene rings is 1. The first kappa shape index (κ1) is 11.6. The summed E-state index contributed by atoms with van der Waals surface area (Å²) in [7, 11) is 0. The van der Waals surface area contributed by atoms with E-state index in [1.807, 2.05) is 0 Å². The Morgan fingerprint density at radius 1 is 1.20 bits per heavy atom. The first-order valence-corrected chi connectivity index (χ1v) is 4.20. The molecule has 0 amide bonds. The Kier molecular flexibility index (Phi) is 3.41. The fourth-order valence-corrected chi connectivity index (χ4v) is 0.851. The monoisotopic (exact) mass is 234 g/mol. The molecule has 0 N–H and O–H groups in total. The van der Waals surface area contributed by atoms with Gasteiger partial charge in [-0.05, 0) is 24.4 Å². The fraction of sp³-hybridized carbons (Fsp3) is 0.111. The normalized spacial score (nSPS) is 10.9. The van der Waals surface area contributed by atoms with Gasteiger partial charge in [0, 0.05) is 0 Å². The standard InChI is InChI=1S/C9H5F3O2S/c10-9(11,12)8(15)14-7(13)6-4-2-1-3-5-6/h1-5H. The van der Waals surface area contributed by atoms with Crippen LogP contribution in [0.2, 0.25) is 0 Å². The van der Waals surface area contributed by atoms with E-state index in [-0.39, 0.29) is 5.56 Å². The van der Waals surface area contributed by atoms with Crippen LogP contribution in [0.5, 0.6) is 0 Å². The summed E-state index contributed by atoms with van der Waals surface area (Å²) in [5.41, 5.74) is 0.0177. The quantitative estimate of drug-likeness (QED) is 0.552. The number of carbonyl (C=O) groups is 1. The van der Waals surface area contributed by atoms with Crippen LogP contribution in [-0.4, -0.2) is 17.2 Å². The highest BCUT2D eigenvalue weighted by Crippen LogP contribution is 2.19. The number of hydrogen-bond donors (Lipinski definition) is 0. The van der Waals surface area contributed by atoms with E-state index in [9.17, 15) is 18.0 Å². The van der Waals surface area contributed by atoms with Crippen LogP contribution in [0, 0.1) is 0 Å². The van der Waals surface area contributed by atoms with Gasteiger partial charge in [0.05, 0.1) is 5.56 Å². The van der Waals surface area contributed by atoms with Gasteiger partial charge in [0.2, 0.25) is 0 Å². The number of hydrogen-bond acceptors (Lipinski definition) is 3. The molecular formula is C9H5F3O2S. The molecule has 15 heavy (non-hydrogen) atoms. The van der Waals surface area contributed by atoms with Crippen molar-refractivity contribution in [1.29, 1.82) is 0 Å². The molecule has 0 saturated heterocycles. The molecule has 80 valence electrons. The van der Waals surface area contributed by atoms with Crippen molar-refractivity contribution in [2.75, 3.05) is 0 Å². The largest absolute Gasteiger partial charge is 0.460 e. The van der Waals surface area contributed by atoms with Crippen molar-refractivity contribution in [2.24, 2.45) is 0 Å². The van der Waals surface area contributed by atoms with Crippen molar-refractivity contribution in [3.8, 4) is 0 Å². The lowest BCUT2D eigenvalue weighted by atomic mass is 10.2. The number of thiocarbonyl (C=S) groups is 1. The summed E-state index contributed by atoms with van der Waals surface area (Å²) < 4.78 is 39.7. The van der Waals surface area contributed by atoms with Crippen LogP contribution < -0.4 is 0 Å². The topological polar surface area (TPSA) is 26.3 Å². The van der Waals surface area contributed by atoms with Gasteiger partial charge in [0.15, 0.2) is 0 Å². The maximum atomic E-state index is 11.9. The third-order valence-corrected chi connectivity index (χ3v) is 1.74. The highest BCUT2D eigenvalue weighted by Gasteiger charge is 2.38. The first-order valence-electron chi connectivity index (χ1n) is 3.79. The molecule has 2 nitrogen and oxygen atoms in total. The molecule has 6 heteroatoms. The minimum Gasteiger partial charge on any atom is -0.406 e. The van der Waals surface area contributed by atoms with Gasteiger partial charge >= 0.3 is 12.1 Å². The van der Waals surface area contributed by atoms with E-state index in [1.165, 1.54) is 24.3 Å². The van der Waals surface area contributed by atoms with Crippen LogP contribution in [0.3, 0.4) is 0 Å². The summed E-state index contributed by atoms with van der Waals surface area (Å²) in [6.45, 7) is 0. The molecule has 0 spiro atoms. The molecular weight excluding hydrogens is 229 g/mol. The molecule has 0 bridgehead atoms. The molecule has 1 rings (SSSR count). The number of rotatable bonds is 1. The molecule has 0 fully saturated rings. The van der Waals surface area contributed by atoms with Crippen LogP contribution in [0.4, 0.5) is 13.2 Å². The molecule has 0 atom stereocenters. The average Bonchev–Trinajstić information content (AvgIpc) is 2.17. The van der Waals surface area contributed by atoms with E-state index in [0.29, 0.717) is 0 Å². The van der Waals surface area contributed by atoms with Crippen LogP contribution >= 0.6 is 12.2 Å². The van der Waals surface area contributed by atoms with Crippen molar-refractivity contribution < 1.29 is 22.7 Å².